The van der Waals surface area contributed by atoms with Crippen LogP contribution >= 0.6 is 0 Å². The van der Waals surface area contributed by atoms with E-state index in [1.807, 2.05) is 33.3 Å². The maximum Gasteiger partial charge on any atom is 0.138 e. The number of aromatic nitrogens is 2. The monoisotopic (exact) mass is 246 g/mol. The van der Waals surface area contributed by atoms with E-state index >= 15 is 0 Å². The number of anilines is 1. The Bertz CT molecular complexity index is 511. The van der Waals surface area contributed by atoms with Crippen molar-refractivity contribution in [2.24, 2.45) is 0 Å². The Morgan fingerprint density at radius 1 is 1.28 bits per heavy atom. The summed E-state index contributed by atoms with van der Waals surface area (Å²) in [4.78, 5) is 6.72. The highest BCUT2D eigenvalue weighted by Crippen LogP contribution is 2.23. The quantitative estimate of drug-likeness (QED) is 0.880. The van der Waals surface area contributed by atoms with Gasteiger partial charge in [-0.1, -0.05) is 13.8 Å². The van der Waals surface area contributed by atoms with Gasteiger partial charge in [-0.05, 0) is 31.7 Å². The van der Waals surface area contributed by atoms with Gasteiger partial charge in [-0.15, -0.1) is 0 Å². The summed E-state index contributed by atoms with van der Waals surface area (Å²) >= 11 is 0. The van der Waals surface area contributed by atoms with Gasteiger partial charge in [0.2, 0.25) is 0 Å². The first kappa shape index (κ1) is 12.9. The minimum absolute atomic E-state index is 0.624. The molecule has 0 unspecified atom stereocenters. The molecule has 3 rings (SSSR count). The fourth-order valence-corrected chi connectivity index (χ4v) is 2.23. The Morgan fingerprint density at radius 3 is 2.67 bits per heavy atom. The van der Waals surface area contributed by atoms with E-state index in [1.165, 1.54) is 11.4 Å². The van der Waals surface area contributed by atoms with Crippen LogP contribution in [0.25, 0.3) is 5.65 Å². The maximum atomic E-state index is 4.34. The van der Waals surface area contributed by atoms with Gasteiger partial charge in [0.25, 0.3) is 0 Å². The van der Waals surface area contributed by atoms with Gasteiger partial charge in [0.15, 0.2) is 0 Å². The molecule has 0 aromatic carbocycles. The van der Waals surface area contributed by atoms with Crippen LogP contribution in [-0.2, 0) is 0 Å². The molecule has 18 heavy (non-hydrogen) atoms. The largest absolute Gasteiger partial charge is 0.354 e. The van der Waals surface area contributed by atoms with Crippen molar-refractivity contribution < 1.29 is 0 Å². The lowest BCUT2D eigenvalue weighted by Crippen LogP contribution is -2.57. The lowest BCUT2D eigenvalue weighted by Gasteiger charge is -2.41. The zero-order chi connectivity index (χ0) is 13.1. The molecule has 0 spiro atoms. The standard InChI is InChI=1S/C12H16N4.C2H6/c1-9-5-11-14-3-4-16(11)12(6-9)15-7-10(8-15)13-2;1-2/h3-6,10,13H,7-8H2,1-2H3;1-2H3. The van der Waals surface area contributed by atoms with E-state index in [4.69, 9.17) is 0 Å². The first-order valence-electron chi connectivity index (χ1n) is 6.64. The highest BCUT2D eigenvalue weighted by atomic mass is 15.3. The van der Waals surface area contributed by atoms with E-state index in [9.17, 15) is 0 Å². The van der Waals surface area contributed by atoms with E-state index in [0.717, 1.165) is 18.7 Å². The summed E-state index contributed by atoms with van der Waals surface area (Å²) in [5.74, 6) is 1.25. The second kappa shape index (κ2) is 5.40. The molecule has 1 saturated heterocycles. The Morgan fingerprint density at radius 2 is 2.00 bits per heavy atom. The molecule has 0 atom stereocenters. The number of fused-ring (bicyclic) bond motifs is 1. The summed E-state index contributed by atoms with van der Waals surface area (Å²) in [5.41, 5.74) is 2.30. The first-order chi connectivity index (χ1) is 8.78. The van der Waals surface area contributed by atoms with Crippen molar-refractivity contribution in [3.05, 3.63) is 30.1 Å². The zero-order valence-corrected chi connectivity index (χ0v) is 11.6. The summed E-state index contributed by atoms with van der Waals surface area (Å²) < 4.78 is 2.15. The normalized spacial score (nSPS) is 15.2. The van der Waals surface area contributed by atoms with Gasteiger partial charge in [-0.25, -0.2) is 4.98 Å². The van der Waals surface area contributed by atoms with E-state index in [-0.39, 0.29) is 0 Å². The van der Waals surface area contributed by atoms with Crippen LogP contribution in [0.4, 0.5) is 5.82 Å². The molecule has 1 aliphatic rings. The molecule has 1 N–H and O–H groups in total. The predicted octanol–water partition coefficient (Wildman–Crippen LogP) is 2.08. The number of imidazole rings is 1. The number of aryl methyl sites for hydroxylation is 1. The number of nitrogens with one attached hydrogen (secondary N) is 1. The molecule has 2 aromatic rings. The highest BCUT2D eigenvalue weighted by Gasteiger charge is 2.26. The van der Waals surface area contributed by atoms with Gasteiger partial charge < -0.3 is 10.2 Å². The molecule has 4 heteroatoms. The van der Waals surface area contributed by atoms with Crippen LogP contribution in [0.2, 0.25) is 0 Å². The predicted molar refractivity (Wildman–Crippen MR) is 76.3 cm³/mol. The molecule has 1 aliphatic heterocycles. The minimum atomic E-state index is 0.624. The van der Waals surface area contributed by atoms with Gasteiger partial charge in [-0.3, -0.25) is 4.40 Å². The van der Waals surface area contributed by atoms with Crippen molar-refractivity contribution in [2.45, 2.75) is 26.8 Å². The third-order valence-corrected chi connectivity index (χ3v) is 3.24. The molecule has 1 fully saturated rings. The van der Waals surface area contributed by atoms with Crippen LogP contribution < -0.4 is 10.2 Å². The Kier molecular flexibility index (Phi) is 3.87. The van der Waals surface area contributed by atoms with Crippen LogP contribution in [0.15, 0.2) is 24.5 Å². The van der Waals surface area contributed by atoms with Gasteiger partial charge in [0.05, 0.1) is 0 Å². The molecule has 0 radical (unpaired) electrons. The number of rotatable bonds is 2. The number of nitrogens with zero attached hydrogens (tertiary/aromatic N) is 3. The van der Waals surface area contributed by atoms with Gasteiger partial charge in [0, 0.05) is 31.5 Å². The van der Waals surface area contributed by atoms with E-state index < -0.39 is 0 Å². The second-order valence-corrected chi connectivity index (χ2v) is 4.44. The molecule has 0 aliphatic carbocycles. The highest BCUT2D eigenvalue weighted by molar-refractivity contribution is 5.55. The van der Waals surface area contributed by atoms with E-state index in [1.54, 1.807) is 0 Å². The molecule has 3 heterocycles. The lowest BCUT2D eigenvalue weighted by molar-refractivity contribution is 0.446. The SMILES string of the molecule is CC.CNC1CN(c2cc(C)cc3nccn23)C1. The molecule has 2 aromatic heterocycles. The van der Waals surface area contributed by atoms with Crippen molar-refractivity contribution >= 4 is 11.5 Å². The smallest absolute Gasteiger partial charge is 0.138 e. The topological polar surface area (TPSA) is 32.6 Å². The minimum Gasteiger partial charge on any atom is -0.354 e. The molecule has 0 bridgehead atoms. The summed E-state index contributed by atoms with van der Waals surface area (Å²) in [6.45, 7) is 8.27. The van der Waals surface area contributed by atoms with E-state index in [2.05, 4.69) is 38.7 Å². The number of pyridine rings is 1. The fraction of sp³-hybridized carbons (Fsp3) is 0.500. The maximum absolute atomic E-state index is 4.34. The third-order valence-electron chi connectivity index (χ3n) is 3.24. The van der Waals surface area contributed by atoms with Crippen molar-refractivity contribution in [3.63, 3.8) is 0 Å². The summed E-state index contributed by atoms with van der Waals surface area (Å²) in [5, 5.41) is 3.29. The Labute approximate surface area is 109 Å². The van der Waals surface area contributed by atoms with Crippen molar-refractivity contribution in [1.29, 1.82) is 0 Å². The van der Waals surface area contributed by atoms with Crippen LogP contribution in [0.5, 0.6) is 0 Å². The van der Waals surface area contributed by atoms with Crippen molar-refractivity contribution in [1.82, 2.24) is 14.7 Å². The lowest BCUT2D eigenvalue weighted by atomic mass is 10.1. The average Bonchev–Trinajstić information content (AvgIpc) is 2.78. The molecule has 0 amide bonds. The Balaban J connectivity index is 0.000000574. The van der Waals surface area contributed by atoms with Crippen LogP contribution in [0.1, 0.15) is 19.4 Å². The van der Waals surface area contributed by atoms with Crippen LogP contribution in [0, 0.1) is 6.92 Å². The summed E-state index contributed by atoms with van der Waals surface area (Å²) in [6.07, 6.45) is 3.88. The molecular formula is C14H22N4. The summed E-state index contributed by atoms with van der Waals surface area (Å²) in [6, 6.07) is 4.96. The number of likely N-dealkylation sites (N-methyl/N-ethyl adjacent to an activating group) is 1. The van der Waals surface area contributed by atoms with Gasteiger partial charge in [0.1, 0.15) is 11.5 Å². The van der Waals surface area contributed by atoms with Crippen LogP contribution in [-0.4, -0.2) is 35.6 Å². The van der Waals surface area contributed by atoms with Crippen molar-refractivity contribution in [2.75, 3.05) is 25.0 Å². The second-order valence-electron chi connectivity index (χ2n) is 4.44. The van der Waals surface area contributed by atoms with Crippen LogP contribution in [0.3, 0.4) is 0 Å². The molecule has 0 saturated carbocycles. The number of hydrogen-bond acceptors (Lipinski definition) is 3. The molecular weight excluding hydrogens is 224 g/mol. The van der Waals surface area contributed by atoms with Crippen molar-refractivity contribution in [3.8, 4) is 0 Å². The number of hydrogen-bond donors (Lipinski definition) is 1. The van der Waals surface area contributed by atoms with Gasteiger partial charge >= 0.3 is 0 Å². The van der Waals surface area contributed by atoms with Gasteiger partial charge in [-0.2, -0.15) is 0 Å². The third kappa shape index (κ3) is 2.20. The Hall–Kier alpha value is -1.55. The zero-order valence-electron chi connectivity index (χ0n) is 11.6. The molecule has 4 nitrogen and oxygen atoms in total. The summed E-state index contributed by atoms with van der Waals surface area (Å²) in [7, 11) is 2.02. The first-order valence-corrected chi connectivity index (χ1v) is 6.64. The van der Waals surface area contributed by atoms with E-state index in [0.29, 0.717) is 6.04 Å². The molecule has 98 valence electrons. The fourth-order valence-electron chi connectivity index (χ4n) is 2.23. The average molecular weight is 246 g/mol.